The van der Waals surface area contributed by atoms with Gasteiger partial charge in [-0.15, -0.1) is 0 Å². The zero-order valence-corrected chi connectivity index (χ0v) is 21.2. The van der Waals surface area contributed by atoms with Gasteiger partial charge in [0.05, 0.1) is 12.2 Å². The average molecular weight is 476 g/mol. The molecule has 1 aromatic heterocycles. The summed E-state index contributed by atoms with van der Waals surface area (Å²) in [5, 5.41) is 0. The number of aromatic nitrogens is 1. The number of urea groups is 1. The maximum absolute atomic E-state index is 13.6. The van der Waals surface area contributed by atoms with Gasteiger partial charge in [-0.05, 0) is 75.8 Å². The minimum Gasteiger partial charge on any atom is -0.369 e. The SMILES string of the molecule is CCN1C(=O)N(Cc2ccccn2)C(=O)C12CCN(Cc1ccc3c(c1)CCCN3C(C)C)CC2. The predicted octanol–water partition coefficient (Wildman–Crippen LogP) is 4.06. The average Bonchev–Trinajstić information content (AvgIpc) is 3.06. The number of hydrogen-bond acceptors (Lipinski definition) is 5. The molecule has 1 spiro atoms. The molecule has 7 nitrogen and oxygen atoms in total. The minimum atomic E-state index is -0.718. The van der Waals surface area contributed by atoms with Crippen LogP contribution < -0.4 is 4.90 Å². The number of anilines is 1. The van der Waals surface area contributed by atoms with Crippen LogP contribution >= 0.6 is 0 Å². The van der Waals surface area contributed by atoms with Crippen LogP contribution in [0.2, 0.25) is 0 Å². The van der Waals surface area contributed by atoms with Gasteiger partial charge in [-0.2, -0.15) is 0 Å². The summed E-state index contributed by atoms with van der Waals surface area (Å²) in [5.41, 5.74) is 4.19. The molecule has 2 aromatic rings. The lowest BCUT2D eigenvalue weighted by atomic mass is 9.85. The number of fused-ring (bicyclic) bond motifs is 1. The van der Waals surface area contributed by atoms with E-state index in [1.807, 2.05) is 25.1 Å². The number of imide groups is 1. The van der Waals surface area contributed by atoms with Crippen molar-refractivity contribution < 1.29 is 9.59 Å². The van der Waals surface area contributed by atoms with Gasteiger partial charge in [0, 0.05) is 50.6 Å². The number of carbonyl (C=O) groups excluding carboxylic acids is 2. The first kappa shape index (κ1) is 23.8. The van der Waals surface area contributed by atoms with E-state index in [2.05, 4.69) is 46.8 Å². The van der Waals surface area contributed by atoms with Gasteiger partial charge < -0.3 is 9.80 Å². The molecule has 7 heteroatoms. The van der Waals surface area contributed by atoms with Gasteiger partial charge in [0.2, 0.25) is 0 Å². The quantitative estimate of drug-likeness (QED) is 0.590. The minimum absolute atomic E-state index is 0.0581. The summed E-state index contributed by atoms with van der Waals surface area (Å²) >= 11 is 0. The highest BCUT2D eigenvalue weighted by atomic mass is 16.2. The van der Waals surface area contributed by atoms with Crippen LogP contribution in [-0.2, 0) is 24.3 Å². The van der Waals surface area contributed by atoms with Crippen molar-refractivity contribution in [1.82, 2.24) is 19.7 Å². The first-order chi connectivity index (χ1) is 16.9. The van der Waals surface area contributed by atoms with Gasteiger partial charge in [0.15, 0.2) is 0 Å². The fourth-order valence-corrected chi connectivity index (χ4v) is 6.15. The highest BCUT2D eigenvalue weighted by Crippen LogP contribution is 2.38. The molecular weight excluding hydrogens is 438 g/mol. The van der Waals surface area contributed by atoms with Gasteiger partial charge in [-0.3, -0.25) is 19.6 Å². The van der Waals surface area contributed by atoms with Crippen molar-refractivity contribution >= 4 is 17.6 Å². The molecule has 0 atom stereocenters. The lowest BCUT2D eigenvalue weighted by molar-refractivity contribution is -0.136. The summed E-state index contributed by atoms with van der Waals surface area (Å²) in [6.45, 7) is 10.9. The van der Waals surface area contributed by atoms with Crippen LogP contribution in [0, 0.1) is 0 Å². The maximum Gasteiger partial charge on any atom is 0.328 e. The lowest BCUT2D eigenvalue weighted by Crippen LogP contribution is -2.56. The summed E-state index contributed by atoms with van der Waals surface area (Å²) < 4.78 is 0. The van der Waals surface area contributed by atoms with Crippen molar-refractivity contribution in [3.8, 4) is 0 Å². The summed E-state index contributed by atoms with van der Waals surface area (Å²) in [5.74, 6) is -0.0581. The Morgan fingerprint density at radius 3 is 2.51 bits per heavy atom. The van der Waals surface area contributed by atoms with Gasteiger partial charge in [0.1, 0.15) is 5.54 Å². The van der Waals surface area contributed by atoms with Crippen LogP contribution in [0.5, 0.6) is 0 Å². The van der Waals surface area contributed by atoms with E-state index in [0.29, 0.717) is 25.4 Å². The summed E-state index contributed by atoms with van der Waals surface area (Å²) in [4.78, 5) is 39.3. The predicted molar refractivity (Wildman–Crippen MR) is 137 cm³/mol. The second-order valence-electron chi connectivity index (χ2n) is 10.4. The van der Waals surface area contributed by atoms with Crippen molar-refractivity contribution in [3.63, 3.8) is 0 Å². The van der Waals surface area contributed by atoms with Crippen LogP contribution in [0.3, 0.4) is 0 Å². The van der Waals surface area contributed by atoms with Crippen molar-refractivity contribution in [2.45, 2.75) is 71.1 Å². The molecule has 0 saturated carbocycles. The molecular formula is C28H37N5O2. The Morgan fingerprint density at radius 1 is 1.03 bits per heavy atom. The molecule has 0 bridgehead atoms. The van der Waals surface area contributed by atoms with Crippen molar-refractivity contribution in [2.24, 2.45) is 0 Å². The number of nitrogens with zero attached hydrogens (tertiary/aromatic N) is 5. The zero-order chi connectivity index (χ0) is 24.6. The second kappa shape index (κ2) is 9.61. The first-order valence-corrected chi connectivity index (χ1v) is 13.1. The lowest BCUT2D eigenvalue weighted by Gasteiger charge is -2.42. The van der Waals surface area contributed by atoms with Crippen molar-refractivity contribution in [2.75, 3.05) is 31.1 Å². The van der Waals surface area contributed by atoms with E-state index in [-0.39, 0.29) is 18.5 Å². The Kier molecular flexibility index (Phi) is 6.53. The number of amides is 3. The highest BCUT2D eigenvalue weighted by molar-refractivity contribution is 6.07. The van der Waals surface area contributed by atoms with Gasteiger partial charge >= 0.3 is 6.03 Å². The molecule has 0 unspecified atom stereocenters. The number of aryl methyl sites for hydroxylation is 1. The molecule has 4 heterocycles. The topological polar surface area (TPSA) is 60.0 Å². The third-order valence-corrected chi connectivity index (χ3v) is 8.00. The van der Waals surface area contributed by atoms with Crippen LogP contribution in [0.4, 0.5) is 10.5 Å². The smallest absolute Gasteiger partial charge is 0.328 e. The fourth-order valence-electron chi connectivity index (χ4n) is 6.15. The summed E-state index contributed by atoms with van der Waals surface area (Å²) in [7, 11) is 0. The van der Waals surface area contributed by atoms with Crippen molar-refractivity contribution in [3.05, 3.63) is 59.4 Å². The highest BCUT2D eigenvalue weighted by Gasteiger charge is 2.57. The molecule has 2 saturated heterocycles. The number of likely N-dealkylation sites (N-methyl/N-ethyl adjacent to an activating group) is 1. The number of likely N-dealkylation sites (tertiary alicyclic amines) is 1. The zero-order valence-electron chi connectivity index (χ0n) is 21.2. The first-order valence-electron chi connectivity index (χ1n) is 13.1. The monoisotopic (exact) mass is 475 g/mol. The van der Waals surface area contributed by atoms with Crippen LogP contribution in [0.15, 0.2) is 42.6 Å². The number of piperidine rings is 1. The van der Waals surface area contributed by atoms with E-state index in [4.69, 9.17) is 0 Å². The Labute approximate surface area is 208 Å². The van der Waals surface area contributed by atoms with Gasteiger partial charge in [0.25, 0.3) is 5.91 Å². The summed E-state index contributed by atoms with van der Waals surface area (Å²) in [6, 6.07) is 12.9. The van der Waals surface area contributed by atoms with E-state index in [1.165, 1.54) is 28.1 Å². The molecule has 0 N–H and O–H groups in total. The molecule has 0 aliphatic carbocycles. The maximum atomic E-state index is 13.6. The third-order valence-electron chi connectivity index (χ3n) is 8.00. The Hall–Kier alpha value is -2.93. The number of benzene rings is 1. The molecule has 186 valence electrons. The standard InChI is InChI=1S/C28H37N5O2/c1-4-33-27(35)32(20-24-9-5-6-14-29-24)26(34)28(33)12-16-30(17-13-28)19-22-10-11-25-23(18-22)8-7-15-31(25)21(2)3/h5-6,9-11,14,18,21H,4,7-8,12-13,15-17,19-20H2,1-3H3. The van der Waals surface area contributed by atoms with E-state index < -0.39 is 5.54 Å². The van der Waals surface area contributed by atoms with Gasteiger partial charge in [-0.1, -0.05) is 18.2 Å². The Balaban J connectivity index is 1.27. The molecule has 3 amide bonds. The van der Waals surface area contributed by atoms with E-state index in [9.17, 15) is 9.59 Å². The Morgan fingerprint density at radius 2 is 1.83 bits per heavy atom. The molecule has 5 rings (SSSR count). The fraction of sp³-hybridized carbons (Fsp3) is 0.536. The molecule has 3 aliphatic heterocycles. The number of rotatable bonds is 6. The summed E-state index contributed by atoms with van der Waals surface area (Å²) in [6.07, 6.45) is 5.40. The van der Waals surface area contributed by atoms with E-state index in [1.54, 1.807) is 11.1 Å². The molecule has 35 heavy (non-hydrogen) atoms. The van der Waals surface area contributed by atoms with Crippen molar-refractivity contribution in [1.29, 1.82) is 0 Å². The third kappa shape index (κ3) is 4.31. The molecule has 2 fully saturated rings. The molecule has 0 radical (unpaired) electrons. The van der Waals surface area contributed by atoms with Gasteiger partial charge in [-0.25, -0.2) is 4.79 Å². The molecule has 3 aliphatic rings. The number of hydrogen-bond donors (Lipinski definition) is 0. The van der Waals surface area contributed by atoms with E-state index in [0.717, 1.165) is 38.3 Å². The van der Waals surface area contributed by atoms with Crippen LogP contribution in [0.1, 0.15) is 56.9 Å². The van der Waals surface area contributed by atoms with Crippen LogP contribution in [0.25, 0.3) is 0 Å². The van der Waals surface area contributed by atoms with Crippen LogP contribution in [-0.4, -0.2) is 69.4 Å². The number of carbonyl (C=O) groups is 2. The largest absolute Gasteiger partial charge is 0.369 e. The Bertz CT molecular complexity index is 1080. The normalized spacial score (nSPS) is 20.3. The number of pyridine rings is 1. The second-order valence-corrected chi connectivity index (χ2v) is 10.4. The molecule has 1 aromatic carbocycles. The van der Waals surface area contributed by atoms with E-state index >= 15 is 0 Å².